The third kappa shape index (κ3) is 4.02. The number of rotatable bonds is 8. The molecule has 2 rings (SSSR count). The van der Waals surface area contributed by atoms with Gasteiger partial charge >= 0.3 is 0 Å². The van der Waals surface area contributed by atoms with E-state index in [9.17, 15) is 0 Å². The minimum atomic E-state index is -0.186. The Labute approximate surface area is 153 Å². The summed E-state index contributed by atoms with van der Waals surface area (Å²) in [6, 6.07) is 8.71. The summed E-state index contributed by atoms with van der Waals surface area (Å²) >= 11 is 0. The van der Waals surface area contributed by atoms with Gasteiger partial charge in [0.1, 0.15) is 0 Å². The Morgan fingerprint density at radius 2 is 1.68 bits per heavy atom. The largest absolute Gasteiger partial charge is 0.0958 e. The third-order valence-electron chi connectivity index (χ3n) is 5.09. The van der Waals surface area contributed by atoms with Crippen LogP contribution in [0.5, 0.6) is 0 Å². The minimum absolute atomic E-state index is 0.186. The monoisotopic (exact) mass is 330 g/mol. The van der Waals surface area contributed by atoms with Crippen LogP contribution in [0.4, 0.5) is 0 Å². The van der Waals surface area contributed by atoms with Gasteiger partial charge in [-0.1, -0.05) is 99.9 Å². The van der Waals surface area contributed by atoms with Gasteiger partial charge in [0.15, 0.2) is 0 Å². The van der Waals surface area contributed by atoms with Crippen molar-refractivity contribution in [2.24, 2.45) is 0 Å². The van der Waals surface area contributed by atoms with Crippen LogP contribution in [0.1, 0.15) is 44.2 Å². The molecule has 0 saturated heterocycles. The van der Waals surface area contributed by atoms with Gasteiger partial charge in [-0.2, -0.15) is 0 Å². The molecule has 1 aliphatic rings. The Hall–Kier alpha value is -2.34. The molecule has 130 valence electrons. The molecule has 25 heavy (non-hydrogen) atoms. The summed E-state index contributed by atoms with van der Waals surface area (Å²) in [6.45, 7) is 17.1. The first-order valence-electron chi connectivity index (χ1n) is 9.22. The fraction of sp³-hybridized carbons (Fsp3) is 0.280. The normalized spacial score (nSPS) is 19.8. The SMILES string of the molecule is C=C(/C=C\C=C/C(=C)C1(C(=C)/C=C\CC)CCc2ccccc21)CC. The lowest BCUT2D eigenvalue weighted by atomic mass is 9.70. The predicted molar refractivity (Wildman–Crippen MR) is 112 cm³/mol. The molecule has 0 fully saturated rings. The van der Waals surface area contributed by atoms with E-state index < -0.39 is 0 Å². The number of hydrogen-bond acceptors (Lipinski definition) is 0. The molecule has 0 N–H and O–H groups in total. The second-order valence-electron chi connectivity index (χ2n) is 6.65. The number of benzene rings is 1. The predicted octanol–water partition coefficient (Wildman–Crippen LogP) is 7.03. The Kier molecular flexibility index (Phi) is 6.58. The van der Waals surface area contributed by atoms with Crippen LogP contribution >= 0.6 is 0 Å². The molecule has 0 aliphatic heterocycles. The van der Waals surface area contributed by atoms with E-state index >= 15 is 0 Å². The van der Waals surface area contributed by atoms with Gasteiger partial charge in [0.2, 0.25) is 0 Å². The second-order valence-corrected chi connectivity index (χ2v) is 6.65. The summed E-state index contributed by atoms with van der Waals surface area (Å²) in [5.74, 6) is 0. The average Bonchev–Trinajstić information content (AvgIpc) is 3.03. The molecule has 0 aromatic heterocycles. The maximum atomic E-state index is 4.44. The number of fused-ring (bicyclic) bond motifs is 1. The van der Waals surface area contributed by atoms with Gasteiger partial charge in [0.25, 0.3) is 0 Å². The van der Waals surface area contributed by atoms with Crippen molar-refractivity contribution in [1.82, 2.24) is 0 Å². The van der Waals surface area contributed by atoms with E-state index in [0.717, 1.165) is 42.4 Å². The van der Waals surface area contributed by atoms with Crippen molar-refractivity contribution >= 4 is 0 Å². The highest BCUT2D eigenvalue weighted by molar-refractivity contribution is 5.58. The van der Waals surface area contributed by atoms with Gasteiger partial charge in [0, 0.05) is 5.41 Å². The van der Waals surface area contributed by atoms with Crippen molar-refractivity contribution in [3.05, 3.63) is 108 Å². The van der Waals surface area contributed by atoms with Crippen LogP contribution < -0.4 is 0 Å². The Morgan fingerprint density at radius 1 is 1.00 bits per heavy atom. The van der Waals surface area contributed by atoms with E-state index in [1.165, 1.54) is 11.1 Å². The molecule has 1 aliphatic carbocycles. The lowest BCUT2D eigenvalue weighted by molar-refractivity contribution is 0.611. The van der Waals surface area contributed by atoms with E-state index in [4.69, 9.17) is 0 Å². The van der Waals surface area contributed by atoms with Crippen LogP contribution in [0.25, 0.3) is 0 Å². The smallest absolute Gasteiger partial charge is 0.0445 e. The summed E-state index contributed by atoms with van der Waals surface area (Å²) < 4.78 is 0. The topological polar surface area (TPSA) is 0 Å². The van der Waals surface area contributed by atoms with Gasteiger partial charge in [-0.15, -0.1) is 0 Å². The molecule has 1 unspecified atom stereocenters. The summed E-state index contributed by atoms with van der Waals surface area (Å²) in [5.41, 5.74) is 5.96. The molecule has 1 atom stereocenters. The maximum absolute atomic E-state index is 4.44. The van der Waals surface area contributed by atoms with Gasteiger partial charge in [-0.05, 0) is 48.0 Å². The molecule has 1 aromatic carbocycles. The van der Waals surface area contributed by atoms with E-state index in [0.29, 0.717) is 0 Å². The van der Waals surface area contributed by atoms with Crippen LogP contribution in [0.2, 0.25) is 0 Å². The van der Waals surface area contributed by atoms with E-state index in [-0.39, 0.29) is 5.41 Å². The van der Waals surface area contributed by atoms with Crippen LogP contribution in [0.3, 0.4) is 0 Å². The van der Waals surface area contributed by atoms with Crippen molar-refractivity contribution < 1.29 is 0 Å². The van der Waals surface area contributed by atoms with Crippen molar-refractivity contribution in [2.45, 2.75) is 44.9 Å². The summed E-state index contributed by atoms with van der Waals surface area (Å²) in [4.78, 5) is 0. The molecule has 0 amide bonds. The first-order chi connectivity index (χ1) is 12.1. The summed E-state index contributed by atoms with van der Waals surface area (Å²) in [7, 11) is 0. The molecule has 1 aromatic rings. The lowest BCUT2D eigenvalue weighted by Gasteiger charge is -2.33. The van der Waals surface area contributed by atoms with Crippen LogP contribution in [-0.2, 0) is 11.8 Å². The van der Waals surface area contributed by atoms with Gasteiger partial charge in [-0.25, -0.2) is 0 Å². The minimum Gasteiger partial charge on any atom is -0.0958 e. The number of aryl methyl sites for hydroxylation is 1. The van der Waals surface area contributed by atoms with Crippen molar-refractivity contribution in [3.63, 3.8) is 0 Å². The van der Waals surface area contributed by atoms with Crippen LogP contribution in [0.15, 0.2) is 97.2 Å². The van der Waals surface area contributed by atoms with Crippen LogP contribution in [-0.4, -0.2) is 0 Å². The number of allylic oxidation sites excluding steroid dienone is 9. The molecule has 0 heteroatoms. The summed E-state index contributed by atoms with van der Waals surface area (Å²) in [5, 5.41) is 0. The fourth-order valence-corrected chi connectivity index (χ4v) is 3.51. The maximum Gasteiger partial charge on any atom is 0.0445 e. The molecular formula is C25H30. The quantitative estimate of drug-likeness (QED) is 0.449. The first kappa shape index (κ1) is 19.0. The average molecular weight is 331 g/mol. The second kappa shape index (κ2) is 8.67. The Morgan fingerprint density at radius 3 is 2.40 bits per heavy atom. The molecular weight excluding hydrogens is 300 g/mol. The van der Waals surface area contributed by atoms with Crippen molar-refractivity contribution in [1.29, 1.82) is 0 Å². The lowest BCUT2D eigenvalue weighted by Crippen LogP contribution is -2.26. The number of hydrogen-bond donors (Lipinski definition) is 0. The molecule has 0 spiro atoms. The zero-order chi connectivity index (χ0) is 18.3. The highest BCUT2D eigenvalue weighted by atomic mass is 14.4. The fourth-order valence-electron chi connectivity index (χ4n) is 3.51. The molecule has 0 bridgehead atoms. The van der Waals surface area contributed by atoms with E-state index in [2.05, 4.69) is 94.3 Å². The molecule has 0 heterocycles. The first-order valence-corrected chi connectivity index (χ1v) is 9.22. The molecule has 0 radical (unpaired) electrons. The molecule has 0 saturated carbocycles. The van der Waals surface area contributed by atoms with Gasteiger partial charge in [-0.3, -0.25) is 0 Å². The third-order valence-corrected chi connectivity index (χ3v) is 5.09. The zero-order valence-electron chi connectivity index (χ0n) is 15.7. The summed E-state index contributed by atoms with van der Waals surface area (Å²) in [6.07, 6.45) is 16.8. The van der Waals surface area contributed by atoms with E-state index in [1.807, 2.05) is 0 Å². The van der Waals surface area contributed by atoms with Gasteiger partial charge in [0.05, 0.1) is 0 Å². The van der Waals surface area contributed by atoms with Crippen molar-refractivity contribution in [2.75, 3.05) is 0 Å². The molecule has 0 nitrogen and oxygen atoms in total. The highest BCUT2D eigenvalue weighted by Gasteiger charge is 2.41. The zero-order valence-corrected chi connectivity index (χ0v) is 15.7. The van der Waals surface area contributed by atoms with E-state index in [1.54, 1.807) is 0 Å². The Balaban J connectivity index is 2.37. The van der Waals surface area contributed by atoms with Crippen LogP contribution in [0, 0.1) is 0 Å². The standard InChI is InChI=1S/C25H30/c1-6-8-14-21(4)25(19-18-23-16-11-12-17-24(23)25)22(5)15-10-9-13-20(3)7-2/h8-17H,3-7,18-19H2,1-2H3/b13-9-,14-8-,15-10-. The highest BCUT2D eigenvalue weighted by Crippen LogP contribution is 2.49. The van der Waals surface area contributed by atoms with Crippen molar-refractivity contribution in [3.8, 4) is 0 Å². The Bertz CT molecular complexity index is 739. The van der Waals surface area contributed by atoms with Gasteiger partial charge < -0.3 is 0 Å².